The van der Waals surface area contributed by atoms with E-state index in [0.717, 1.165) is 5.56 Å². The quantitative estimate of drug-likeness (QED) is 0.784. The predicted octanol–water partition coefficient (Wildman–Crippen LogP) is 3.95. The number of benzene rings is 1. The zero-order valence-electron chi connectivity index (χ0n) is 13.1. The lowest BCUT2D eigenvalue weighted by Crippen LogP contribution is -2.19. The van der Waals surface area contributed by atoms with Crippen molar-refractivity contribution in [1.82, 2.24) is 19.8 Å². The summed E-state index contributed by atoms with van der Waals surface area (Å²) < 4.78 is 39.6. The molecule has 0 aliphatic heterocycles. The minimum Gasteiger partial charge on any atom is -0.362 e. The van der Waals surface area contributed by atoms with Crippen molar-refractivity contribution in [3.05, 3.63) is 53.9 Å². The number of aromatic nitrogens is 4. The summed E-state index contributed by atoms with van der Waals surface area (Å²) in [5.74, 6) is -0.592. The van der Waals surface area contributed by atoms with Gasteiger partial charge in [0.25, 0.3) is 5.82 Å². The Morgan fingerprint density at radius 3 is 2.33 bits per heavy atom. The van der Waals surface area contributed by atoms with Crippen LogP contribution in [-0.2, 0) is 6.18 Å². The van der Waals surface area contributed by atoms with Crippen molar-refractivity contribution >= 4 is 11.5 Å². The molecule has 1 atom stereocenters. The molecule has 0 saturated carbocycles. The third-order valence-electron chi connectivity index (χ3n) is 3.65. The van der Waals surface area contributed by atoms with Crippen LogP contribution in [0, 0.1) is 5.92 Å². The van der Waals surface area contributed by atoms with Crippen LogP contribution in [0.2, 0.25) is 0 Å². The molecule has 2 heterocycles. The first-order valence-electron chi connectivity index (χ1n) is 7.47. The molecular formula is C16H16F3N5. The van der Waals surface area contributed by atoms with E-state index in [1.165, 1.54) is 6.07 Å². The normalized spacial score (nSPS) is 13.4. The van der Waals surface area contributed by atoms with Gasteiger partial charge in [-0.15, -0.1) is 15.3 Å². The van der Waals surface area contributed by atoms with E-state index in [-0.39, 0.29) is 17.6 Å². The summed E-state index contributed by atoms with van der Waals surface area (Å²) >= 11 is 0. The van der Waals surface area contributed by atoms with E-state index in [9.17, 15) is 13.2 Å². The highest BCUT2D eigenvalue weighted by molar-refractivity contribution is 5.45. The van der Waals surface area contributed by atoms with Gasteiger partial charge in [0.15, 0.2) is 5.65 Å². The van der Waals surface area contributed by atoms with E-state index < -0.39 is 12.0 Å². The second-order valence-electron chi connectivity index (χ2n) is 5.79. The Morgan fingerprint density at radius 1 is 1.00 bits per heavy atom. The molecule has 0 amide bonds. The van der Waals surface area contributed by atoms with Crippen LogP contribution in [0.1, 0.15) is 31.3 Å². The van der Waals surface area contributed by atoms with Gasteiger partial charge in [0, 0.05) is 0 Å². The number of fused-ring (bicyclic) bond motifs is 1. The number of nitrogens with one attached hydrogen (secondary N) is 1. The van der Waals surface area contributed by atoms with E-state index in [1.807, 2.05) is 44.2 Å². The molecule has 5 nitrogen and oxygen atoms in total. The summed E-state index contributed by atoms with van der Waals surface area (Å²) in [6.07, 6.45) is -4.61. The number of hydrogen-bond donors (Lipinski definition) is 1. The molecule has 3 rings (SSSR count). The van der Waals surface area contributed by atoms with Gasteiger partial charge in [0.2, 0.25) is 0 Å². The summed E-state index contributed by atoms with van der Waals surface area (Å²) in [5, 5.41) is 13.9. The maximum Gasteiger partial charge on any atom is 0.453 e. The maximum absolute atomic E-state index is 13.0. The van der Waals surface area contributed by atoms with Crippen molar-refractivity contribution in [2.45, 2.75) is 26.1 Å². The van der Waals surface area contributed by atoms with Gasteiger partial charge in [-0.2, -0.15) is 17.7 Å². The number of halogens is 3. The van der Waals surface area contributed by atoms with E-state index in [0.29, 0.717) is 10.3 Å². The van der Waals surface area contributed by atoms with Gasteiger partial charge in [-0.3, -0.25) is 0 Å². The molecular weight excluding hydrogens is 319 g/mol. The summed E-state index contributed by atoms with van der Waals surface area (Å²) in [6.45, 7) is 4.06. The molecule has 1 N–H and O–H groups in total. The van der Waals surface area contributed by atoms with Crippen LogP contribution in [0.15, 0.2) is 42.5 Å². The lowest BCUT2D eigenvalue weighted by molar-refractivity contribution is -0.146. The molecule has 0 fully saturated rings. The maximum atomic E-state index is 13.0. The Balaban J connectivity index is 1.97. The summed E-state index contributed by atoms with van der Waals surface area (Å²) in [4.78, 5) is 0. The van der Waals surface area contributed by atoms with Crippen LogP contribution in [0.4, 0.5) is 19.0 Å². The Labute approximate surface area is 136 Å². The van der Waals surface area contributed by atoms with Crippen LogP contribution in [-0.4, -0.2) is 19.8 Å². The predicted molar refractivity (Wildman–Crippen MR) is 83.4 cm³/mol. The number of rotatable bonds is 4. The molecule has 1 unspecified atom stereocenters. The third kappa shape index (κ3) is 3.17. The molecule has 3 aromatic rings. The average molecular weight is 335 g/mol. The zero-order chi connectivity index (χ0) is 17.3. The number of nitrogens with zero attached hydrogens (tertiary/aromatic N) is 4. The fraction of sp³-hybridized carbons (Fsp3) is 0.312. The summed E-state index contributed by atoms with van der Waals surface area (Å²) in [6, 6.07) is 12.7. The molecule has 0 bridgehead atoms. The van der Waals surface area contributed by atoms with E-state index in [4.69, 9.17) is 0 Å². The highest BCUT2D eigenvalue weighted by Crippen LogP contribution is 2.29. The van der Waals surface area contributed by atoms with Crippen molar-refractivity contribution in [2.24, 2.45) is 5.92 Å². The van der Waals surface area contributed by atoms with Gasteiger partial charge >= 0.3 is 6.18 Å². The highest BCUT2D eigenvalue weighted by atomic mass is 19.4. The summed E-state index contributed by atoms with van der Waals surface area (Å²) in [7, 11) is 0. The van der Waals surface area contributed by atoms with E-state index in [2.05, 4.69) is 20.6 Å². The highest BCUT2D eigenvalue weighted by Gasteiger charge is 2.37. The number of anilines is 1. The van der Waals surface area contributed by atoms with Gasteiger partial charge in [-0.1, -0.05) is 44.2 Å². The standard InChI is InChI=1S/C16H16F3N5/c1-10(2)14(11-6-4-3-5-7-11)20-12-8-9-13-21-22-15(16(17,18)19)24(13)23-12/h3-10,14H,1-2H3,(H,20,23). The fourth-order valence-electron chi connectivity index (χ4n) is 2.50. The molecule has 126 valence electrons. The van der Waals surface area contributed by atoms with Crippen molar-refractivity contribution < 1.29 is 13.2 Å². The molecule has 0 aliphatic rings. The smallest absolute Gasteiger partial charge is 0.362 e. The van der Waals surface area contributed by atoms with Crippen LogP contribution in [0.25, 0.3) is 5.65 Å². The minimum atomic E-state index is -4.61. The van der Waals surface area contributed by atoms with Crippen molar-refractivity contribution in [2.75, 3.05) is 5.32 Å². The molecule has 0 aliphatic carbocycles. The molecule has 2 aromatic heterocycles. The van der Waals surface area contributed by atoms with Gasteiger partial charge in [-0.05, 0) is 23.6 Å². The largest absolute Gasteiger partial charge is 0.453 e. The lowest BCUT2D eigenvalue weighted by atomic mass is 9.96. The Kier molecular flexibility index (Phi) is 4.13. The van der Waals surface area contributed by atoms with Gasteiger partial charge in [0.1, 0.15) is 5.82 Å². The lowest BCUT2D eigenvalue weighted by Gasteiger charge is -2.23. The van der Waals surface area contributed by atoms with E-state index >= 15 is 0 Å². The zero-order valence-corrected chi connectivity index (χ0v) is 13.1. The van der Waals surface area contributed by atoms with Gasteiger partial charge in [0.05, 0.1) is 6.04 Å². The first kappa shape index (κ1) is 16.2. The Morgan fingerprint density at radius 2 is 1.71 bits per heavy atom. The molecule has 24 heavy (non-hydrogen) atoms. The Hall–Kier alpha value is -2.64. The Bertz CT molecular complexity index is 827. The van der Waals surface area contributed by atoms with Crippen molar-refractivity contribution in [1.29, 1.82) is 0 Å². The van der Waals surface area contributed by atoms with Crippen LogP contribution in [0.5, 0.6) is 0 Å². The summed E-state index contributed by atoms with van der Waals surface area (Å²) in [5.41, 5.74) is 1.09. The SMILES string of the molecule is CC(C)C(Nc1ccc2nnc(C(F)(F)F)n2n1)c1ccccc1. The minimum absolute atomic E-state index is 0.0497. The monoisotopic (exact) mass is 335 g/mol. The van der Waals surface area contributed by atoms with Crippen molar-refractivity contribution in [3.63, 3.8) is 0 Å². The fourth-order valence-corrected chi connectivity index (χ4v) is 2.50. The second kappa shape index (κ2) is 6.10. The second-order valence-corrected chi connectivity index (χ2v) is 5.79. The topological polar surface area (TPSA) is 55.1 Å². The first-order chi connectivity index (χ1) is 11.4. The third-order valence-corrected chi connectivity index (χ3v) is 3.65. The number of alkyl halides is 3. The molecule has 0 saturated heterocycles. The number of hydrogen-bond acceptors (Lipinski definition) is 4. The molecule has 1 aromatic carbocycles. The molecule has 8 heteroatoms. The van der Waals surface area contributed by atoms with Crippen molar-refractivity contribution in [3.8, 4) is 0 Å². The first-order valence-corrected chi connectivity index (χ1v) is 7.47. The van der Waals surface area contributed by atoms with Gasteiger partial charge < -0.3 is 5.32 Å². The van der Waals surface area contributed by atoms with Crippen LogP contribution in [0.3, 0.4) is 0 Å². The molecule has 0 spiro atoms. The van der Waals surface area contributed by atoms with Gasteiger partial charge in [-0.25, -0.2) is 0 Å². The average Bonchev–Trinajstić information content (AvgIpc) is 2.96. The van der Waals surface area contributed by atoms with E-state index in [1.54, 1.807) is 6.07 Å². The van der Waals surface area contributed by atoms with Crippen LogP contribution < -0.4 is 5.32 Å². The van der Waals surface area contributed by atoms with Crippen LogP contribution >= 0.6 is 0 Å². The molecule has 0 radical (unpaired) electrons.